The molecule has 0 saturated carbocycles. The molecular weight excluding hydrogens is 176 g/mol. The molecule has 0 aliphatic carbocycles. The van der Waals surface area contributed by atoms with Crippen LogP contribution in [0.15, 0.2) is 12.7 Å². The van der Waals surface area contributed by atoms with Crippen molar-refractivity contribution in [2.75, 3.05) is 18.7 Å². The zero-order chi connectivity index (χ0) is 9.40. The fraction of sp³-hybridized carbons (Fsp3) is 0.429. The molecule has 0 aromatic rings. The van der Waals surface area contributed by atoms with Gasteiger partial charge in [0.25, 0.3) is 0 Å². The van der Waals surface area contributed by atoms with Gasteiger partial charge in [-0.1, -0.05) is 6.58 Å². The van der Waals surface area contributed by atoms with Crippen LogP contribution in [0.4, 0.5) is 0 Å². The zero-order valence-electron chi connectivity index (χ0n) is 6.92. The van der Waals surface area contributed by atoms with Crippen LogP contribution in [0.5, 0.6) is 0 Å². The summed E-state index contributed by atoms with van der Waals surface area (Å²) in [5.41, 5.74) is 0. The molecule has 0 bridgehead atoms. The maximum Gasteiger partial charge on any atom is 0.244 e. The molecule has 0 spiro atoms. The van der Waals surface area contributed by atoms with Gasteiger partial charge < -0.3 is 10.6 Å². The molecule has 0 radical (unpaired) electrons. The van der Waals surface area contributed by atoms with Crippen LogP contribution in [0, 0.1) is 0 Å². The summed E-state index contributed by atoms with van der Waals surface area (Å²) < 4.78 is 0. The van der Waals surface area contributed by atoms with Crippen molar-refractivity contribution in [3.63, 3.8) is 0 Å². The SMILES string of the molecule is C=CC(=O)NCNC(=O)CSC. The third-order valence-corrected chi connectivity index (χ3v) is 1.56. The Labute approximate surface area is 75.8 Å². The number of hydrogen-bond donors (Lipinski definition) is 2. The van der Waals surface area contributed by atoms with Crippen molar-refractivity contribution in [3.05, 3.63) is 12.7 Å². The van der Waals surface area contributed by atoms with Gasteiger partial charge in [0.1, 0.15) is 0 Å². The van der Waals surface area contributed by atoms with Crippen LogP contribution in [-0.2, 0) is 9.59 Å². The lowest BCUT2D eigenvalue weighted by atomic mass is 10.6. The van der Waals surface area contributed by atoms with Gasteiger partial charge in [-0.05, 0) is 12.3 Å². The van der Waals surface area contributed by atoms with Gasteiger partial charge >= 0.3 is 0 Å². The lowest BCUT2D eigenvalue weighted by Gasteiger charge is -2.03. The Kier molecular flexibility index (Phi) is 6.18. The summed E-state index contributed by atoms with van der Waals surface area (Å²) in [6.07, 6.45) is 2.99. The zero-order valence-corrected chi connectivity index (χ0v) is 7.74. The van der Waals surface area contributed by atoms with Crippen molar-refractivity contribution in [2.24, 2.45) is 0 Å². The Bertz CT molecular complexity index is 182. The molecule has 0 aromatic heterocycles. The van der Waals surface area contributed by atoms with Gasteiger partial charge in [0, 0.05) is 0 Å². The number of amides is 2. The van der Waals surface area contributed by atoms with E-state index in [1.165, 1.54) is 11.8 Å². The third-order valence-electron chi connectivity index (χ3n) is 1.01. The minimum atomic E-state index is -0.292. The summed E-state index contributed by atoms with van der Waals surface area (Å²) >= 11 is 1.43. The van der Waals surface area contributed by atoms with Crippen molar-refractivity contribution in [2.45, 2.75) is 0 Å². The Hall–Kier alpha value is -0.970. The van der Waals surface area contributed by atoms with Crippen LogP contribution in [0.1, 0.15) is 0 Å². The van der Waals surface area contributed by atoms with E-state index in [0.29, 0.717) is 5.75 Å². The van der Waals surface area contributed by atoms with Crippen molar-refractivity contribution in [1.29, 1.82) is 0 Å². The summed E-state index contributed by atoms with van der Waals surface area (Å²) in [4.78, 5) is 21.4. The molecule has 2 N–H and O–H groups in total. The van der Waals surface area contributed by atoms with Crippen molar-refractivity contribution in [3.8, 4) is 0 Å². The van der Waals surface area contributed by atoms with E-state index in [1.54, 1.807) is 0 Å². The van der Waals surface area contributed by atoms with Crippen molar-refractivity contribution >= 4 is 23.6 Å². The lowest BCUT2D eigenvalue weighted by Crippen LogP contribution is -2.37. The molecule has 0 unspecified atom stereocenters. The van der Waals surface area contributed by atoms with Crippen LogP contribution < -0.4 is 10.6 Å². The van der Waals surface area contributed by atoms with E-state index in [-0.39, 0.29) is 18.5 Å². The number of carbonyl (C=O) groups is 2. The highest BCUT2D eigenvalue weighted by atomic mass is 32.2. The topological polar surface area (TPSA) is 58.2 Å². The van der Waals surface area contributed by atoms with Crippen molar-refractivity contribution < 1.29 is 9.59 Å². The summed E-state index contributed by atoms with van der Waals surface area (Å²) in [5.74, 6) is 0.0237. The Morgan fingerprint density at radius 2 is 2.17 bits per heavy atom. The number of hydrogen-bond acceptors (Lipinski definition) is 3. The minimum Gasteiger partial charge on any atom is -0.338 e. The van der Waals surface area contributed by atoms with Crippen LogP contribution in [-0.4, -0.2) is 30.5 Å². The molecule has 0 aromatic carbocycles. The van der Waals surface area contributed by atoms with E-state index in [4.69, 9.17) is 0 Å². The second-order valence-electron chi connectivity index (χ2n) is 1.95. The molecule has 0 heterocycles. The highest BCUT2D eigenvalue weighted by Crippen LogP contribution is 1.87. The molecule has 4 nitrogen and oxygen atoms in total. The van der Waals surface area contributed by atoms with Gasteiger partial charge in [-0.2, -0.15) is 11.8 Å². The van der Waals surface area contributed by atoms with E-state index >= 15 is 0 Å². The molecule has 0 rings (SSSR count). The van der Waals surface area contributed by atoms with Crippen molar-refractivity contribution in [1.82, 2.24) is 10.6 Å². The Morgan fingerprint density at radius 1 is 1.50 bits per heavy atom. The van der Waals surface area contributed by atoms with Gasteiger partial charge in [-0.3, -0.25) is 9.59 Å². The van der Waals surface area contributed by atoms with Gasteiger partial charge in [0.05, 0.1) is 12.4 Å². The first-order valence-electron chi connectivity index (χ1n) is 3.36. The molecule has 12 heavy (non-hydrogen) atoms. The van der Waals surface area contributed by atoms with E-state index in [9.17, 15) is 9.59 Å². The normalized spacial score (nSPS) is 8.75. The standard InChI is InChI=1S/C7H12N2O2S/c1-3-6(10)8-5-9-7(11)4-12-2/h3H,1,4-5H2,2H3,(H,8,10)(H,9,11). The maximum atomic E-state index is 10.8. The molecule has 2 amide bonds. The highest BCUT2D eigenvalue weighted by Gasteiger charge is 1.98. The van der Waals surface area contributed by atoms with Gasteiger partial charge in [-0.15, -0.1) is 0 Å². The summed E-state index contributed by atoms with van der Waals surface area (Å²) in [5, 5.41) is 4.93. The number of rotatable bonds is 5. The first-order valence-corrected chi connectivity index (χ1v) is 4.76. The number of carbonyl (C=O) groups excluding carboxylic acids is 2. The molecule has 0 fully saturated rings. The van der Waals surface area contributed by atoms with Gasteiger partial charge in [0.15, 0.2) is 0 Å². The van der Waals surface area contributed by atoms with E-state index < -0.39 is 0 Å². The van der Waals surface area contributed by atoms with Crippen LogP contribution in [0.25, 0.3) is 0 Å². The summed E-state index contributed by atoms with van der Waals surface area (Å²) in [7, 11) is 0. The molecular formula is C7H12N2O2S. The number of thioether (sulfide) groups is 1. The molecule has 0 saturated heterocycles. The molecule has 0 aliphatic rings. The molecule has 68 valence electrons. The van der Waals surface area contributed by atoms with Gasteiger partial charge in [-0.25, -0.2) is 0 Å². The largest absolute Gasteiger partial charge is 0.338 e. The minimum absolute atomic E-state index is 0.0909. The first kappa shape index (κ1) is 11.0. The predicted molar refractivity (Wildman–Crippen MR) is 49.7 cm³/mol. The highest BCUT2D eigenvalue weighted by molar-refractivity contribution is 7.99. The molecule has 5 heteroatoms. The summed E-state index contributed by atoms with van der Waals surface area (Å²) in [6.45, 7) is 3.42. The molecule has 0 aliphatic heterocycles. The van der Waals surface area contributed by atoms with E-state index in [0.717, 1.165) is 6.08 Å². The van der Waals surface area contributed by atoms with E-state index in [2.05, 4.69) is 17.2 Å². The van der Waals surface area contributed by atoms with Gasteiger partial charge in [0.2, 0.25) is 11.8 Å². The number of nitrogens with one attached hydrogen (secondary N) is 2. The second kappa shape index (κ2) is 6.72. The fourth-order valence-electron chi connectivity index (χ4n) is 0.484. The fourth-order valence-corrected chi connectivity index (χ4v) is 0.848. The smallest absolute Gasteiger partial charge is 0.244 e. The average molecular weight is 188 g/mol. The first-order chi connectivity index (χ1) is 5.70. The Morgan fingerprint density at radius 3 is 2.67 bits per heavy atom. The second-order valence-corrected chi connectivity index (χ2v) is 2.82. The lowest BCUT2D eigenvalue weighted by molar-refractivity contribution is -0.119. The predicted octanol–water partition coefficient (Wildman–Crippen LogP) is -0.275. The molecule has 0 atom stereocenters. The van der Waals surface area contributed by atoms with Crippen LogP contribution >= 0.6 is 11.8 Å². The van der Waals surface area contributed by atoms with E-state index in [1.807, 2.05) is 6.26 Å². The van der Waals surface area contributed by atoms with Crippen LogP contribution in [0.2, 0.25) is 0 Å². The maximum absolute atomic E-state index is 10.8. The summed E-state index contributed by atoms with van der Waals surface area (Å²) in [6, 6.07) is 0. The quantitative estimate of drug-likeness (QED) is 0.461. The monoisotopic (exact) mass is 188 g/mol. The average Bonchev–Trinajstić information content (AvgIpc) is 2.04. The van der Waals surface area contributed by atoms with Crippen LogP contribution in [0.3, 0.4) is 0 Å². The Balaban J connectivity index is 3.36. The third kappa shape index (κ3) is 5.79.